The molecule has 86 valence electrons. The smallest absolute Gasteiger partial charge is 0.234 e. The third-order valence-electron chi connectivity index (χ3n) is 3.35. The number of amides is 1. The first-order chi connectivity index (χ1) is 7.34. The Bertz CT molecular complexity index is 206. The van der Waals surface area contributed by atoms with E-state index in [9.17, 15) is 4.79 Å². The van der Waals surface area contributed by atoms with Crippen LogP contribution in [0.3, 0.4) is 0 Å². The molecule has 0 spiro atoms. The predicted molar refractivity (Wildman–Crippen MR) is 60.7 cm³/mol. The highest BCUT2D eigenvalue weighted by Gasteiger charge is 2.22. The standard InChI is InChI=1S/C12H22N2O/c15-12(9-13-10-7-8-10)14-11-5-3-1-2-4-6-11/h10-11,13H,1-9H2,(H,14,15). The number of rotatable bonds is 4. The van der Waals surface area contributed by atoms with Crippen molar-refractivity contribution in [3.8, 4) is 0 Å². The Morgan fingerprint density at radius 1 is 0.933 bits per heavy atom. The molecule has 0 unspecified atom stereocenters. The van der Waals surface area contributed by atoms with Crippen LogP contribution in [0, 0.1) is 0 Å². The summed E-state index contributed by atoms with van der Waals surface area (Å²) >= 11 is 0. The Hall–Kier alpha value is -0.570. The van der Waals surface area contributed by atoms with E-state index in [0.29, 0.717) is 18.6 Å². The van der Waals surface area contributed by atoms with Gasteiger partial charge >= 0.3 is 0 Å². The van der Waals surface area contributed by atoms with Crippen molar-refractivity contribution < 1.29 is 4.79 Å². The molecule has 3 heteroatoms. The normalized spacial score (nSPS) is 23.5. The highest BCUT2D eigenvalue weighted by Crippen LogP contribution is 2.18. The fourth-order valence-electron chi connectivity index (χ4n) is 2.23. The van der Waals surface area contributed by atoms with Gasteiger partial charge in [-0.1, -0.05) is 25.7 Å². The number of carbonyl (C=O) groups is 1. The van der Waals surface area contributed by atoms with Gasteiger partial charge in [0.15, 0.2) is 0 Å². The Labute approximate surface area is 92.0 Å². The second kappa shape index (κ2) is 5.50. The lowest BCUT2D eigenvalue weighted by molar-refractivity contribution is -0.121. The fraction of sp³-hybridized carbons (Fsp3) is 0.917. The van der Waals surface area contributed by atoms with E-state index in [4.69, 9.17) is 0 Å². The minimum absolute atomic E-state index is 0.189. The lowest BCUT2D eigenvalue weighted by Crippen LogP contribution is -2.40. The van der Waals surface area contributed by atoms with E-state index in [-0.39, 0.29) is 5.91 Å². The molecule has 0 saturated heterocycles. The van der Waals surface area contributed by atoms with Crippen LogP contribution in [0.4, 0.5) is 0 Å². The average molecular weight is 210 g/mol. The van der Waals surface area contributed by atoms with Crippen molar-refractivity contribution in [3.05, 3.63) is 0 Å². The summed E-state index contributed by atoms with van der Waals surface area (Å²) in [5, 5.41) is 6.39. The summed E-state index contributed by atoms with van der Waals surface area (Å²) in [7, 11) is 0. The van der Waals surface area contributed by atoms with Crippen LogP contribution < -0.4 is 10.6 Å². The Morgan fingerprint density at radius 2 is 1.60 bits per heavy atom. The molecule has 2 aliphatic rings. The zero-order valence-electron chi connectivity index (χ0n) is 9.43. The van der Waals surface area contributed by atoms with Crippen LogP contribution in [-0.2, 0) is 4.79 Å². The molecule has 2 aliphatic carbocycles. The van der Waals surface area contributed by atoms with Gasteiger partial charge in [0, 0.05) is 12.1 Å². The van der Waals surface area contributed by atoms with Crippen molar-refractivity contribution in [3.63, 3.8) is 0 Å². The van der Waals surface area contributed by atoms with Gasteiger partial charge in [-0.3, -0.25) is 4.79 Å². The van der Waals surface area contributed by atoms with E-state index in [0.717, 1.165) is 0 Å². The Balaban J connectivity index is 1.62. The number of hydrogen-bond donors (Lipinski definition) is 2. The monoisotopic (exact) mass is 210 g/mol. The highest BCUT2D eigenvalue weighted by atomic mass is 16.1. The molecule has 0 radical (unpaired) electrons. The maximum Gasteiger partial charge on any atom is 0.234 e. The largest absolute Gasteiger partial charge is 0.352 e. The number of hydrogen-bond acceptors (Lipinski definition) is 2. The molecule has 0 aromatic heterocycles. The van der Waals surface area contributed by atoms with E-state index in [1.165, 1.54) is 51.4 Å². The zero-order chi connectivity index (χ0) is 10.5. The van der Waals surface area contributed by atoms with Gasteiger partial charge in [0.1, 0.15) is 0 Å². The van der Waals surface area contributed by atoms with Gasteiger partial charge in [0.25, 0.3) is 0 Å². The minimum Gasteiger partial charge on any atom is -0.352 e. The van der Waals surface area contributed by atoms with Crippen molar-refractivity contribution in [1.82, 2.24) is 10.6 Å². The van der Waals surface area contributed by atoms with Gasteiger partial charge in [0.2, 0.25) is 5.91 Å². The van der Waals surface area contributed by atoms with Gasteiger partial charge in [-0.25, -0.2) is 0 Å². The Kier molecular flexibility index (Phi) is 4.01. The van der Waals surface area contributed by atoms with E-state index in [1.807, 2.05) is 0 Å². The highest BCUT2D eigenvalue weighted by molar-refractivity contribution is 5.78. The summed E-state index contributed by atoms with van der Waals surface area (Å²) in [5.74, 6) is 0.189. The molecule has 1 amide bonds. The molecule has 0 aliphatic heterocycles. The second-order valence-corrected chi connectivity index (χ2v) is 4.91. The van der Waals surface area contributed by atoms with Gasteiger partial charge in [0.05, 0.1) is 6.54 Å². The first kappa shape index (κ1) is 10.9. The summed E-state index contributed by atoms with van der Waals surface area (Å²) in [6.45, 7) is 0.515. The lowest BCUT2D eigenvalue weighted by Gasteiger charge is -2.16. The van der Waals surface area contributed by atoms with Crippen LogP contribution in [0.25, 0.3) is 0 Å². The van der Waals surface area contributed by atoms with E-state index >= 15 is 0 Å². The quantitative estimate of drug-likeness (QED) is 0.692. The molecule has 0 bridgehead atoms. The molecule has 2 saturated carbocycles. The topological polar surface area (TPSA) is 41.1 Å². The van der Waals surface area contributed by atoms with Crippen molar-refractivity contribution in [2.75, 3.05) is 6.54 Å². The molecule has 0 aromatic rings. The molecule has 2 fully saturated rings. The van der Waals surface area contributed by atoms with Gasteiger partial charge in [-0.2, -0.15) is 0 Å². The molecule has 2 rings (SSSR count). The van der Waals surface area contributed by atoms with E-state index in [2.05, 4.69) is 10.6 Å². The number of nitrogens with one attached hydrogen (secondary N) is 2. The summed E-state index contributed by atoms with van der Waals surface area (Å²) in [6.07, 6.45) is 10.1. The summed E-state index contributed by atoms with van der Waals surface area (Å²) in [5.41, 5.74) is 0. The van der Waals surface area contributed by atoms with Gasteiger partial charge in [-0.15, -0.1) is 0 Å². The van der Waals surface area contributed by atoms with Crippen LogP contribution in [0.2, 0.25) is 0 Å². The van der Waals surface area contributed by atoms with Crippen LogP contribution in [0.1, 0.15) is 51.4 Å². The molecule has 0 atom stereocenters. The first-order valence-electron chi connectivity index (χ1n) is 6.37. The average Bonchev–Trinajstić information content (AvgIpc) is 3.03. The Morgan fingerprint density at radius 3 is 2.20 bits per heavy atom. The molecule has 0 aromatic carbocycles. The van der Waals surface area contributed by atoms with Crippen molar-refractivity contribution in [2.24, 2.45) is 0 Å². The van der Waals surface area contributed by atoms with E-state index < -0.39 is 0 Å². The van der Waals surface area contributed by atoms with E-state index in [1.54, 1.807) is 0 Å². The van der Waals surface area contributed by atoms with Crippen LogP contribution in [0.15, 0.2) is 0 Å². The summed E-state index contributed by atoms with van der Waals surface area (Å²) in [4.78, 5) is 11.6. The minimum atomic E-state index is 0.189. The maximum atomic E-state index is 11.6. The summed E-state index contributed by atoms with van der Waals surface area (Å²) in [6, 6.07) is 1.07. The molecule has 15 heavy (non-hydrogen) atoms. The summed E-state index contributed by atoms with van der Waals surface area (Å²) < 4.78 is 0. The number of carbonyl (C=O) groups excluding carboxylic acids is 1. The van der Waals surface area contributed by atoms with Crippen molar-refractivity contribution in [1.29, 1.82) is 0 Å². The molecular formula is C12H22N2O. The SMILES string of the molecule is O=C(CNC1CC1)NC1CCCCCC1. The van der Waals surface area contributed by atoms with Crippen molar-refractivity contribution >= 4 is 5.91 Å². The lowest BCUT2D eigenvalue weighted by atomic mass is 10.1. The van der Waals surface area contributed by atoms with Gasteiger partial charge < -0.3 is 10.6 Å². The third-order valence-corrected chi connectivity index (χ3v) is 3.35. The second-order valence-electron chi connectivity index (χ2n) is 4.91. The molecular weight excluding hydrogens is 188 g/mol. The predicted octanol–water partition coefficient (Wildman–Crippen LogP) is 1.58. The third kappa shape index (κ3) is 4.20. The molecule has 2 N–H and O–H groups in total. The fourth-order valence-corrected chi connectivity index (χ4v) is 2.23. The van der Waals surface area contributed by atoms with Gasteiger partial charge in [-0.05, 0) is 25.7 Å². The molecule has 0 heterocycles. The molecule has 3 nitrogen and oxygen atoms in total. The van der Waals surface area contributed by atoms with Crippen LogP contribution >= 0.6 is 0 Å². The van der Waals surface area contributed by atoms with Crippen LogP contribution in [0.5, 0.6) is 0 Å². The van der Waals surface area contributed by atoms with Crippen molar-refractivity contribution in [2.45, 2.75) is 63.5 Å². The maximum absolute atomic E-state index is 11.6. The van der Waals surface area contributed by atoms with Crippen LogP contribution in [-0.4, -0.2) is 24.5 Å². The zero-order valence-corrected chi connectivity index (χ0v) is 9.43. The first-order valence-corrected chi connectivity index (χ1v) is 6.37.